The molecule has 3 N–H and O–H groups in total. The molecular weight excluding hydrogens is 260 g/mol. The number of aromatic nitrogens is 1. The summed E-state index contributed by atoms with van der Waals surface area (Å²) in [4.78, 5) is 18.1. The van der Waals surface area contributed by atoms with Gasteiger partial charge in [0.1, 0.15) is 6.04 Å². The molecule has 6 heteroatoms. The summed E-state index contributed by atoms with van der Waals surface area (Å²) in [5.74, 6) is 5.05. The topological polar surface area (TPSA) is 71.2 Å². The highest BCUT2D eigenvalue weighted by molar-refractivity contribution is 7.07. The quantitative estimate of drug-likeness (QED) is 0.490. The summed E-state index contributed by atoms with van der Waals surface area (Å²) in [5.41, 5.74) is 5.86. The van der Waals surface area contributed by atoms with Crippen LogP contribution in [0.3, 0.4) is 0 Å². The van der Waals surface area contributed by atoms with E-state index in [4.69, 9.17) is 5.84 Å². The Morgan fingerprint density at radius 3 is 2.79 bits per heavy atom. The maximum absolute atomic E-state index is 12.0. The molecule has 1 atom stereocenters. The Hall–Kier alpha value is -1.76. The van der Waals surface area contributed by atoms with Gasteiger partial charge >= 0.3 is 0 Å². The van der Waals surface area contributed by atoms with Gasteiger partial charge in [0.05, 0.1) is 11.2 Å². The van der Waals surface area contributed by atoms with E-state index >= 15 is 0 Å². The Balaban J connectivity index is 2.20. The third kappa shape index (κ3) is 3.37. The molecule has 2 rings (SSSR count). The lowest BCUT2D eigenvalue weighted by Crippen LogP contribution is -2.41. The summed E-state index contributed by atoms with van der Waals surface area (Å²) in [6, 6.07) is 9.13. The first-order valence-electron chi connectivity index (χ1n) is 5.85. The molecule has 1 unspecified atom stereocenters. The van der Waals surface area contributed by atoms with Crippen LogP contribution in [0.2, 0.25) is 0 Å². The zero-order valence-electron chi connectivity index (χ0n) is 10.6. The number of benzene rings is 1. The predicted octanol–water partition coefficient (Wildman–Crippen LogP) is 1.31. The normalized spacial score (nSPS) is 12.4. The number of thiazole rings is 1. The maximum Gasteiger partial charge on any atom is 0.255 e. The van der Waals surface area contributed by atoms with E-state index in [0.717, 1.165) is 11.3 Å². The standard InChI is InChI=1S/C13H16N4OS/c1-17(7-11-8-19-9-15-11)12(13(18)16-14)10-5-3-2-4-6-10/h2-6,8-9,12H,7,14H2,1H3,(H,16,18). The lowest BCUT2D eigenvalue weighted by Gasteiger charge is -2.26. The number of nitrogens with zero attached hydrogens (tertiary/aromatic N) is 2. The first kappa shape index (κ1) is 13.7. The van der Waals surface area contributed by atoms with Crippen LogP contribution in [-0.4, -0.2) is 22.8 Å². The molecule has 0 saturated carbocycles. The number of carbonyl (C=O) groups excluding carboxylic acids is 1. The molecule has 0 fully saturated rings. The minimum absolute atomic E-state index is 0.232. The predicted molar refractivity (Wildman–Crippen MR) is 75.1 cm³/mol. The van der Waals surface area contributed by atoms with E-state index in [9.17, 15) is 4.79 Å². The number of hydrazine groups is 1. The molecule has 0 bridgehead atoms. The third-order valence-electron chi connectivity index (χ3n) is 2.84. The molecule has 1 aromatic carbocycles. The fourth-order valence-corrected chi connectivity index (χ4v) is 2.53. The molecule has 0 aliphatic rings. The van der Waals surface area contributed by atoms with E-state index in [1.54, 1.807) is 16.8 Å². The van der Waals surface area contributed by atoms with E-state index in [2.05, 4.69) is 10.4 Å². The number of nitrogens with one attached hydrogen (secondary N) is 1. The van der Waals surface area contributed by atoms with E-state index in [1.807, 2.05) is 47.7 Å². The Morgan fingerprint density at radius 2 is 2.21 bits per heavy atom. The molecular formula is C13H16N4OS. The van der Waals surface area contributed by atoms with Crippen molar-refractivity contribution in [3.8, 4) is 0 Å². The molecule has 5 nitrogen and oxygen atoms in total. The van der Waals surface area contributed by atoms with Crippen LogP contribution in [0, 0.1) is 0 Å². The van der Waals surface area contributed by atoms with Crippen LogP contribution in [0.1, 0.15) is 17.3 Å². The molecule has 1 aromatic heterocycles. The average molecular weight is 276 g/mol. The zero-order valence-corrected chi connectivity index (χ0v) is 11.4. The Kier molecular flexibility index (Phi) is 4.62. The highest BCUT2D eigenvalue weighted by Gasteiger charge is 2.24. The second-order valence-corrected chi connectivity index (χ2v) is 4.94. The van der Waals surface area contributed by atoms with E-state index < -0.39 is 6.04 Å². The lowest BCUT2D eigenvalue weighted by atomic mass is 10.1. The van der Waals surface area contributed by atoms with Crippen molar-refractivity contribution >= 4 is 17.2 Å². The van der Waals surface area contributed by atoms with E-state index in [0.29, 0.717) is 6.54 Å². The van der Waals surface area contributed by atoms with E-state index in [-0.39, 0.29) is 5.91 Å². The third-order valence-corrected chi connectivity index (χ3v) is 3.48. The molecule has 1 heterocycles. The van der Waals surface area contributed by atoms with Crippen molar-refractivity contribution in [2.45, 2.75) is 12.6 Å². The Bertz CT molecular complexity index is 515. The summed E-state index contributed by atoms with van der Waals surface area (Å²) in [6.07, 6.45) is 0. The fourth-order valence-electron chi connectivity index (χ4n) is 1.98. The fraction of sp³-hybridized carbons (Fsp3) is 0.231. The monoisotopic (exact) mass is 276 g/mol. The van der Waals surface area contributed by atoms with Gasteiger partial charge in [-0.25, -0.2) is 10.8 Å². The summed E-state index contributed by atoms with van der Waals surface area (Å²) >= 11 is 1.54. The summed E-state index contributed by atoms with van der Waals surface area (Å²) in [6.45, 7) is 0.594. The first-order chi connectivity index (χ1) is 9.22. The number of likely N-dealkylation sites (N-methyl/N-ethyl adjacent to an activating group) is 1. The van der Waals surface area contributed by atoms with Gasteiger partial charge < -0.3 is 0 Å². The molecule has 2 aromatic rings. The van der Waals surface area contributed by atoms with E-state index in [1.165, 1.54) is 0 Å². The number of nitrogens with two attached hydrogens (primary N) is 1. The second kappa shape index (κ2) is 6.42. The van der Waals surface area contributed by atoms with Gasteiger partial charge in [-0.2, -0.15) is 0 Å². The minimum Gasteiger partial charge on any atom is -0.293 e. The molecule has 19 heavy (non-hydrogen) atoms. The SMILES string of the molecule is CN(Cc1cscn1)C(C(=O)NN)c1ccccc1. The second-order valence-electron chi connectivity index (χ2n) is 4.22. The number of amides is 1. The van der Waals surface area contributed by atoms with Gasteiger partial charge in [0, 0.05) is 11.9 Å². The average Bonchev–Trinajstić information content (AvgIpc) is 2.93. The molecule has 0 radical (unpaired) electrons. The zero-order chi connectivity index (χ0) is 13.7. The number of hydrogen-bond acceptors (Lipinski definition) is 5. The van der Waals surface area contributed by atoms with Crippen LogP contribution in [0.5, 0.6) is 0 Å². The summed E-state index contributed by atoms with van der Waals surface area (Å²) in [7, 11) is 1.88. The van der Waals surface area contributed by atoms with Gasteiger partial charge in [-0.05, 0) is 12.6 Å². The largest absolute Gasteiger partial charge is 0.293 e. The molecule has 0 spiro atoms. The minimum atomic E-state index is -0.423. The van der Waals surface area contributed by atoms with Crippen molar-refractivity contribution in [2.24, 2.45) is 5.84 Å². The highest BCUT2D eigenvalue weighted by atomic mass is 32.1. The highest BCUT2D eigenvalue weighted by Crippen LogP contribution is 2.21. The maximum atomic E-state index is 12.0. The van der Waals surface area contributed by atoms with Gasteiger partial charge in [0.25, 0.3) is 5.91 Å². The van der Waals surface area contributed by atoms with Crippen LogP contribution in [0.25, 0.3) is 0 Å². The van der Waals surface area contributed by atoms with Crippen molar-refractivity contribution in [1.82, 2.24) is 15.3 Å². The van der Waals surface area contributed by atoms with Crippen LogP contribution in [0.4, 0.5) is 0 Å². The molecule has 100 valence electrons. The molecule has 1 amide bonds. The number of rotatable bonds is 5. The van der Waals surface area contributed by atoms with Gasteiger partial charge in [-0.1, -0.05) is 30.3 Å². The van der Waals surface area contributed by atoms with Crippen molar-refractivity contribution in [3.63, 3.8) is 0 Å². The molecule has 0 aliphatic carbocycles. The van der Waals surface area contributed by atoms with Crippen LogP contribution in [-0.2, 0) is 11.3 Å². The van der Waals surface area contributed by atoms with Gasteiger partial charge in [-0.15, -0.1) is 11.3 Å². The smallest absolute Gasteiger partial charge is 0.255 e. The van der Waals surface area contributed by atoms with Crippen molar-refractivity contribution < 1.29 is 4.79 Å². The van der Waals surface area contributed by atoms with Crippen LogP contribution < -0.4 is 11.3 Å². The Labute approximate surface area is 116 Å². The lowest BCUT2D eigenvalue weighted by molar-refractivity contribution is -0.126. The van der Waals surface area contributed by atoms with Crippen molar-refractivity contribution in [2.75, 3.05) is 7.05 Å². The Morgan fingerprint density at radius 1 is 1.47 bits per heavy atom. The van der Waals surface area contributed by atoms with Crippen molar-refractivity contribution in [1.29, 1.82) is 0 Å². The molecule has 0 saturated heterocycles. The van der Waals surface area contributed by atoms with Gasteiger partial charge in [0.2, 0.25) is 0 Å². The summed E-state index contributed by atoms with van der Waals surface area (Å²) < 4.78 is 0. The number of carbonyl (C=O) groups is 1. The van der Waals surface area contributed by atoms with Gasteiger partial charge in [-0.3, -0.25) is 15.1 Å². The molecule has 0 aliphatic heterocycles. The summed E-state index contributed by atoms with van der Waals surface area (Å²) in [5, 5.41) is 1.97. The first-order valence-corrected chi connectivity index (χ1v) is 6.79. The van der Waals surface area contributed by atoms with Crippen molar-refractivity contribution in [3.05, 3.63) is 52.5 Å². The van der Waals surface area contributed by atoms with Crippen LogP contribution in [0.15, 0.2) is 41.2 Å². The van der Waals surface area contributed by atoms with Gasteiger partial charge in [0.15, 0.2) is 0 Å². The van der Waals surface area contributed by atoms with Crippen LogP contribution >= 0.6 is 11.3 Å². The number of hydrogen-bond donors (Lipinski definition) is 2.